The summed E-state index contributed by atoms with van der Waals surface area (Å²) < 4.78 is 0. The molecular formula is C20H24Cl2N4O2. The Hall–Kier alpha value is -1.89. The number of rotatable bonds is 3. The molecule has 0 bridgehead atoms. The van der Waals surface area contributed by atoms with Crippen molar-refractivity contribution in [1.29, 1.82) is 0 Å². The molecule has 1 saturated carbocycles. The molecule has 0 saturated heterocycles. The lowest BCUT2D eigenvalue weighted by molar-refractivity contribution is 0.0566. The minimum Gasteiger partial charge on any atom is -0.334 e. The largest absolute Gasteiger partial charge is 0.334 e. The van der Waals surface area contributed by atoms with Gasteiger partial charge in [0.2, 0.25) is 0 Å². The minimum absolute atomic E-state index is 0. The number of halogens is 2. The molecule has 150 valence electrons. The number of nitrogens with one attached hydrogen (secondary N) is 1. The zero-order chi connectivity index (χ0) is 19.0. The van der Waals surface area contributed by atoms with Crippen molar-refractivity contribution in [3.05, 3.63) is 62.8 Å². The molecule has 1 aromatic carbocycles. The second-order valence-electron chi connectivity index (χ2n) is 7.53. The normalized spacial score (nSPS) is 24.4. The molecule has 2 heterocycles. The molecule has 3 N–H and O–H groups in total. The third-order valence-electron chi connectivity index (χ3n) is 6.20. The van der Waals surface area contributed by atoms with Gasteiger partial charge in [0.15, 0.2) is 0 Å². The van der Waals surface area contributed by atoms with E-state index in [0.29, 0.717) is 30.8 Å². The third-order valence-corrected chi connectivity index (χ3v) is 6.43. The van der Waals surface area contributed by atoms with Crippen molar-refractivity contribution in [1.82, 2.24) is 14.9 Å². The number of aromatic amines is 1. The highest BCUT2D eigenvalue weighted by Gasteiger charge is 2.40. The number of nitrogens with two attached hydrogens (primary N) is 1. The van der Waals surface area contributed by atoms with E-state index in [1.807, 2.05) is 23.1 Å². The number of hydrogen-bond acceptors (Lipinski definition) is 4. The maximum Gasteiger partial charge on any atom is 0.273 e. The summed E-state index contributed by atoms with van der Waals surface area (Å²) in [6, 6.07) is 8.10. The summed E-state index contributed by atoms with van der Waals surface area (Å²) in [6.45, 7) is 1.13. The first-order chi connectivity index (χ1) is 13.0. The molecule has 1 amide bonds. The van der Waals surface area contributed by atoms with Crippen LogP contribution in [0.1, 0.15) is 47.3 Å². The fourth-order valence-electron chi connectivity index (χ4n) is 4.56. The number of nitrogens with zero attached hydrogens (tertiary/aromatic N) is 2. The summed E-state index contributed by atoms with van der Waals surface area (Å²) in [4.78, 5) is 33.4. The summed E-state index contributed by atoms with van der Waals surface area (Å²) in [5.74, 6) is -0.129. The van der Waals surface area contributed by atoms with E-state index < -0.39 is 0 Å². The number of hydrogen-bond donors (Lipinski definition) is 2. The molecule has 1 aliphatic heterocycles. The van der Waals surface area contributed by atoms with E-state index >= 15 is 0 Å². The third kappa shape index (κ3) is 3.56. The fourth-order valence-corrected chi connectivity index (χ4v) is 4.75. The Bertz CT molecular complexity index is 922. The first-order valence-corrected chi connectivity index (χ1v) is 9.75. The van der Waals surface area contributed by atoms with Gasteiger partial charge in [-0.2, -0.15) is 0 Å². The molecule has 2 aliphatic rings. The zero-order valence-corrected chi connectivity index (χ0v) is 17.1. The van der Waals surface area contributed by atoms with Crippen LogP contribution in [0.5, 0.6) is 0 Å². The van der Waals surface area contributed by atoms with Gasteiger partial charge in [0.1, 0.15) is 5.69 Å². The summed E-state index contributed by atoms with van der Waals surface area (Å²) >= 11 is 6.18. The van der Waals surface area contributed by atoms with Crippen LogP contribution in [0.3, 0.4) is 0 Å². The molecule has 6 nitrogen and oxygen atoms in total. The van der Waals surface area contributed by atoms with Crippen molar-refractivity contribution in [2.75, 3.05) is 13.1 Å². The second-order valence-corrected chi connectivity index (χ2v) is 7.97. The van der Waals surface area contributed by atoms with Gasteiger partial charge in [-0.1, -0.05) is 23.7 Å². The van der Waals surface area contributed by atoms with E-state index in [-0.39, 0.29) is 35.3 Å². The lowest BCUT2D eigenvalue weighted by Gasteiger charge is -2.44. The van der Waals surface area contributed by atoms with Gasteiger partial charge in [-0.05, 0) is 49.8 Å². The van der Waals surface area contributed by atoms with Crippen molar-refractivity contribution >= 4 is 29.9 Å². The van der Waals surface area contributed by atoms with Crippen LogP contribution in [-0.4, -0.2) is 39.9 Å². The highest BCUT2D eigenvalue weighted by molar-refractivity contribution is 6.30. The van der Waals surface area contributed by atoms with Gasteiger partial charge in [0.25, 0.3) is 11.5 Å². The summed E-state index contributed by atoms with van der Waals surface area (Å²) in [5, 5.41) is 0.724. The van der Waals surface area contributed by atoms with Crippen LogP contribution in [0, 0.1) is 0 Å². The van der Waals surface area contributed by atoms with Gasteiger partial charge in [0, 0.05) is 29.6 Å². The topological polar surface area (TPSA) is 92.1 Å². The Labute approximate surface area is 174 Å². The van der Waals surface area contributed by atoms with Crippen LogP contribution in [0.15, 0.2) is 35.4 Å². The Kier molecular flexibility index (Phi) is 6.12. The van der Waals surface area contributed by atoms with Gasteiger partial charge in [-0.15, -0.1) is 12.4 Å². The summed E-state index contributed by atoms with van der Waals surface area (Å²) in [6.07, 6.45) is 5.45. The van der Waals surface area contributed by atoms with Crippen LogP contribution in [0.4, 0.5) is 0 Å². The molecule has 1 aliphatic carbocycles. The number of aromatic nitrogens is 2. The molecule has 1 fully saturated rings. The molecule has 28 heavy (non-hydrogen) atoms. The van der Waals surface area contributed by atoms with E-state index in [1.54, 1.807) is 0 Å². The van der Waals surface area contributed by atoms with Gasteiger partial charge in [-0.3, -0.25) is 9.59 Å². The summed E-state index contributed by atoms with van der Waals surface area (Å²) in [7, 11) is 0. The van der Waals surface area contributed by atoms with Gasteiger partial charge < -0.3 is 15.6 Å². The van der Waals surface area contributed by atoms with Crippen molar-refractivity contribution in [2.24, 2.45) is 5.73 Å². The standard InChI is InChI=1S/C20H23ClN4O2.ClH/c21-14-3-1-2-13(10-14)20(11-22)7-4-15(5-8-20)25-9-6-16-17(19(25)27)23-12-24-18(16)26;/h1-3,10,12,15H,4-9,11,22H2,(H,23,24,26);1H/t15-,20+;. The van der Waals surface area contributed by atoms with E-state index in [1.165, 1.54) is 11.9 Å². The number of benzene rings is 1. The maximum atomic E-state index is 12.9. The maximum absolute atomic E-state index is 12.9. The average molecular weight is 423 g/mol. The van der Waals surface area contributed by atoms with E-state index in [4.69, 9.17) is 17.3 Å². The average Bonchev–Trinajstić information content (AvgIpc) is 2.69. The quantitative estimate of drug-likeness (QED) is 0.794. The Morgan fingerprint density at radius 2 is 2.04 bits per heavy atom. The molecule has 0 spiro atoms. The number of carbonyl (C=O) groups excluding carboxylic acids is 1. The highest BCUT2D eigenvalue weighted by atomic mass is 35.5. The Balaban J connectivity index is 0.00000225. The van der Waals surface area contributed by atoms with Gasteiger partial charge in [0.05, 0.1) is 11.9 Å². The lowest BCUT2D eigenvalue weighted by Crippen LogP contribution is -2.50. The second kappa shape index (κ2) is 8.23. The fraction of sp³-hybridized carbons (Fsp3) is 0.450. The molecule has 2 aromatic rings. The highest BCUT2D eigenvalue weighted by Crippen LogP contribution is 2.41. The van der Waals surface area contributed by atoms with Crippen LogP contribution in [0.25, 0.3) is 0 Å². The molecule has 4 rings (SSSR count). The molecule has 8 heteroatoms. The Morgan fingerprint density at radius 1 is 1.29 bits per heavy atom. The number of H-pyrrole nitrogens is 1. The van der Waals surface area contributed by atoms with Crippen LogP contribution in [0.2, 0.25) is 5.02 Å². The molecule has 0 unspecified atom stereocenters. The number of carbonyl (C=O) groups is 1. The molecule has 1 aromatic heterocycles. The number of fused-ring (bicyclic) bond motifs is 1. The van der Waals surface area contributed by atoms with Crippen LogP contribution < -0.4 is 11.3 Å². The van der Waals surface area contributed by atoms with Crippen molar-refractivity contribution in [2.45, 2.75) is 43.6 Å². The zero-order valence-electron chi connectivity index (χ0n) is 15.5. The SMILES string of the molecule is Cl.NC[C@]1(c2cccc(Cl)c2)CC[C@@H](N2CCc3c(nc[nH]c3=O)C2=O)CC1. The minimum atomic E-state index is -0.209. The predicted octanol–water partition coefficient (Wildman–Crippen LogP) is 2.68. The molecular weight excluding hydrogens is 399 g/mol. The van der Waals surface area contributed by atoms with E-state index in [9.17, 15) is 9.59 Å². The van der Waals surface area contributed by atoms with Gasteiger partial charge >= 0.3 is 0 Å². The van der Waals surface area contributed by atoms with Gasteiger partial charge in [-0.25, -0.2) is 4.98 Å². The van der Waals surface area contributed by atoms with E-state index in [2.05, 4.69) is 16.0 Å². The smallest absolute Gasteiger partial charge is 0.273 e. The molecule has 0 radical (unpaired) electrons. The van der Waals surface area contributed by atoms with Crippen molar-refractivity contribution < 1.29 is 4.79 Å². The van der Waals surface area contributed by atoms with Crippen LogP contribution in [-0.2, 0) is 11.8 Å². The van der Waals surface area contributed by atoms with Crippen molar-refractivity contribution in [3.63, 3.8) is 0 Å². The first-order valence-electron chi connectivity index (χ1n) is 9.38. The first kappa shape index (κ1) is 20.8. The Morgan fingerprint density at radius 3 is 2.71 bits per heavy atom. The number of amides is 1. The van der Waals surface area contributed by atoms with Crippen LogP contribution >= 0.6 is 24.0 Å². The van der Waals surface area contributed by atoms with E-state index in [0.717, 1.165) is 30.7 Å². The van der Waals surface area contributed by atoms with Crippen molar-refractivity contribution in [3.8, 4) is 0 Å². The monoisotopic (exact) mass is 422 g/mol. The lowest BCUT2D eigenvalue weighted by atomic mass is 9.68. The molecule has 0 atom stereocenters. The summed E-state index contributed by atoms with van der Waals surface area (Å²) in [5.41, 5.74) is 7.87. The predicted molar refractivity (Wildman–Crippen MR) is 111 cm³/mol.